The van der Waals surface area contributed by atoms with Crippen LogP contribution < -0.4 is 5.32 Å². The Balaban J connectivity index is 1.38. The molecule has 3 aromatic rings. The van der Waals surface area contributed by atoms with Gasteiger partial charge in [0.1, 0.15) is 17.8 Å². The number of fused-ring (bicyclic) bond motifs is 1. The molecule has 0 aliphatic carbocycles. The number of ether oxygens (including phenoxy) is 1. The van der Waals surface area contributed by atoms with Crippen molar-refractivity contribution in [2.75, 3.05) is 19.7 Å². The van der Waals surface area contributed by atoms with Gasteiger partial charge in [0.05, 0.1) is 18.7 Å². The molecule has 0 saturated carbocycles. The molecule has 0 bridgehead atoms. The van der Waals surface area contributed by atoms with Gasteiger partial charge >= 0.3 is 0 Å². The minimum atomic E-state index is -1.88. The van der Waals surface area contributed by atoms with Crippen molar-refractivity contribution in [3.63, 3.8) is 0 Å². The van der Waals surface area contributed by atoms with Crippen molar-refractivity contribution >= 4 is 22.7 Å². The summed E-state index contributed by atoms with van der Waals surface area (Å²) >= 11 is 0. The van der Waals surface area contributed by atoms with E-state index in [9.17, 15) is 25.0 Å². The summed E-state index contributed by atoms with van der Waals surface area (Å²) in [4.78, 5) is 25.0. The molecule has 1 saturated heterocycles. The Labute approximate surface area is 184 Å². The average Bonchev–Trinajstić information content (AvgIpc) is 3.29. The van der Waals surface area contributed by atoms with Crippen molar-refractivity contribution in [2.24, 2.45) is 7.05 Å². The lowest BCUT2D eigenvalue weighted by Crippen LogP contribution is -2.54. The van der Waals surface area contributed by atoms with E-state index in [1.807, 2.05) is 35.9 Å². The number of aromatic nitrogens is 1. The number of rotatable bonds is 6. The van der Waals surface area contributed by atoms with Crippen molar-refractivity contribution in [3.05, 3.63) is 71.9 Å². The molecule has 9 heteroatoms. The zero-order chi connectivity index (χ0) is 22.9. The van der Waals surface area contributed by atoms with Crippen molar-refractivity contribution < 1.29 is 29.7 Å². The highest BCUT2D eigenvalue weighted by atomic mass is 16.5. The van der Waals surface area contributed by atoms with E-state index < -0.39 is 30.3 Å². The van der Waals surface area contributed by atoms with Crippen LogP contribution in [0.25, 0.3) is 10.9 Å². The number of hydroxylamine groups is 2. The summed E-state index contributed by atoms with van der Waals surface area (Å²) in [6.07, 6.45) is -0.603. The van der Waals surface area contributed by atoms with Gasteiger partial charge in [0.15, 0.2) is 0 Å². The van der Waals surface area contributed by atoms with Gasteiger partial charge in [-0.2, -0.15) is 0 Å². The van der Waals surface area contributed by atoms with Gasteiger partial charge in [-0.3, -0.25) is 14.8 Å². The summed E-state index contributed by atoms with van der Waals surface area (Å²) < 4.78 is 7.33. The molecule has 0 unspecified atom stereocenters. The molecule has 4 rings (SSSR count). The maximum absolute atomic E-state index is 12.7. The average molecular weight is 439 g/mol. The molecule has 1 aromatic heterocycles. The van der Waals surface area contributed by atoms with Crippen LogP contribution in [0.1, 0.15) is 20.7 Å². The minimum Gasteiger partial charge on any atom is -0.387 e. The lowest BCUT2D eigenvalue weighted by atomic mass is 9.96. The topological polar surface area (TPSA) is 124 Å². The molecule has 1 fully saturated rings. The molecule has 2 amide bonds. The number of para-hydroxylation sites is 1. The van der Waals surface area contributed by atoms with Crippen molar-refractivity contribution in [1.29, 1.82) is 0 Å². The highest BCUT2D eigenvalue weighted by molar-refractivity contribution is 6.07. The van der Waals surface area contributed by atoms with E-state index in [-0.39, 0.29) is 24.6 Å². The summed E-state index contributed by atoms with van der Waals surface area (Å²) in [6.45, 7) is -0.901. The number of aliphatic hydroxyl groups is 2. The Bertz CT molecular complexity index is 1130. The highest BCUT2D eigenvalue weighted by Crippen LogP contribution is 2.26. The molecule has 168 valence electrons. The Morgan fingerprint density at radius 2 is 1.88 bits per heavy atom. The third kappa shape index (κ3) is 4.11. The monoisotopic (exact) mass is 439 g/mol. The number of amides is 2. The lowest BCUT2D eigenvalue weighted by Gasteiger charge is -2.29. The van der Waals surface area contributed by atoms with Crippen molar-refractivity contribution in [3.8, 4) is 0 Å². The molecular weight excluding hydrogens is 414 g/mol. The van der Waals surface area contributed by atoms with E-state index in [0.717, 1.165) is 10.9 Å². The van der Waals surface area contributed by atoms with Crippen LogP contribution in [0.5, 0.6) is 0 Å². The molecule has 0 spiro atoms. The van der Waals surface area contributed by atoms with Gasteiger partial charge in [0.2, 0.25) is 0 Å². The molecule has 9 nitrogen and oxygen atoms in total. The molecule has 3 atom stereocenters. The minimum absolute atomic E-state index is 0.0520. The Morgan fingerprint density at radius 3 is 2.62 bits per heavy atom. The van der Waals surface area contributed by atoms with Crippen LogP contribution in [0.15, 0.2) is 60.8 Å². The highest BCUT2D eigenvalue weighted by Gasteiger charge is 2.49. The summed E-state index contributed by atoms with van der Waals surface area (Å²) in [5, 5.41) is 35.4. The molecule has 1 aliphatic heterocycles. The quantitative estimate of drug-likeness (QED) is 0.335. The molecule has 1 aliphatic rings. The van der Waals surface area contributed by atoms with Crippen LogP contribution in [0, 0.1) is 0 Å². The zero-order valence-corrected chi connectivity index (χ0v) is 17.5. The van der Waals surface area contributed by atoms with E-state index >= 15 is 0 Å². The number of aliphatic hydroxyl groups excluding tert-OH is 1. The molecule has 2 aromatic carbocycles. The second-order valence-corrected chi connectivity index (χ2v) is 8.01. The first kappa shape index (κ1) is 22.0. The van der Waals surface area contributed by atoms with E-state index in [1.165, 1.54) is 12.1 Å². The fourth-order valence-electron chi connectivity index (χ4n) is 3.96. The summed E-state index contributed by atoms with van der Waals surface area (Å²) in [7, 11) is 1.85. The smallest absolute Gasteiger partial charge is 0.277 e. The van der Waals surface area contributed by atoms with Crippen molar-refractivity contribution in [1.82, 2.24) is 14.9 Å². The Morgan fingerprint density at radius 1 is 1.19 bits per heavy atom. The van der Waals surface area contributed by atoms with Gasteiger partial charge < -0.3 is 24.8 Å². The first-order valence-corrected chi connectivity index (χ1v) is 10.2. The molecular formula is C23H25N3O6. The Kier molecular flexibility index (Phi) is 5.98. The number of nitrogens with zero attached hydrogens (tertiary/aromatic N) is 2. The van der Waals surface area contributed by atoms with Crippen LogP contribution in [-0.2, 0) is 11.8 Å². The van der Waals surface area contributed by atoms with Gasteiger partial charge in [-0.05, 0) is 18.2 Å². The molecule has 0 radical (unpaired) electrons. The summed E-state index contributed by atoms with van der Waals surface area (Å²) in [6, 6.07) is 15.6. The number of carbonyl (C=O) groups excluding carboxylic acids is 2. The third-order valence-electron chi connectivity index (χ3n) is 5.73. The SMILES string of the molecule is Cn1cc(C(=O)NC[C@H]2OC[C@@](O)(CN(O)C(=O)c3ccccc3)[C@@H]2O)c2ccccc21. The van der Waals surface area contributed by atoms with Gasteiger partial charge in [-0.25, -0.2) is 5.06 Å². The largest absolute Gasteiger partial charge is 0.387 e. The number of carbonyl (C=O) groups is 2. The van der Waals surface area contributed by atoms with E-state index in [4.69, 9.17) is 4.74 Å². The molecule has 32 heavy (non-hydrogen) atoms. The normalized spacial score (nSPS) is 22.8. The van der Waals surface area contributed by atoms with Crippen LogP contribution in [-0.4, -0.2) is 74.4 Å². The number of hydrogen-bond acceptors (Lipinski definition) is 6. The number of benzene rings is 2. The van der Waals surface area contributed by atoms with Crippen LogP contribution >= 0.6 is 0 Å². The van der Waals surface area contributed by atoms with Crippen molar-refractivity contribution in [2.45, 2.75) is 17.8 Å². The first-order chi connectivity index (χ1) is 15.3. The first-order valence-electron chi connectivity index (χ1n) is 10.2. The maximum atomic E-state index is 12.7. The van der Waals surface area contributed by atoms with Gasteiger partial charge in [-0.15, -0.1) is 0 Å². The Hall–Kier alpha value is -3.24. The summed E-state index contributed by atoms with van der Waals surface area (Å²) in [5.74, 6) is -1.05. The van der Waals surface area contributed by atoms with E-state index in [1.54, 1.807) is 24.4 Å². The number of nitrogens with one attached hydrogen (secondary N) is 1. The second kappa shape index (κ2) is 8.71. The molecule has 4 N–H and O–H groups in total. The summed E-state index contributed by atoms with van der Waals surface area (Å²) in [5.41, 5.74) is -0.240. The van der Waals surface area contributed by atoms with Crippen LogP contribution in [0.2, 0.25) is 0 Å². The van der Waals surface area contributed by atoms with E-state index in [0.29, 0.717) is 10.6 Å². The second-order valence-electron chi connectivity index (χ2n) is 8.01. The van der Waals surface area contributed by atoms with E-state index in [2.05, 4.69) is 5.32 Å². The fraction of sp³-hybridized carbons (Fsp3) is 0.304. The van der Waals surface area contributed by atoms with Gasteiger partial charge in [0, 0.05) is 36.3 Å². The third-order valence-corrected chi connectivity index (χ3v) is 5.73. The predicted molar refractivity (Wildman–Crippen MR) is 115 cm³/mol. The van der Waals surface area contributed by atoms with Gasteiger partial charge in [0.25, 0.3) is 11.8 Å². The maximum Gasteiger partial charge on any atom is 0.277 e. The zero-order valence-electron chi connectivity index (χ0n) is 17.5. The van der Waals surface area contributed by atoms with Crippen LogP contribution in [0.4, 0.5) is 0 Å². The number of hydrogen-bond donors (Lipinski definition) is 4. The van der Waals surface area contributed by atoms with Gasteiger partial charge in [-0.1, -0.05) is 36.4 Å². The molecule has 2 heterocycles. The lowest BCUT2D eigenvalue weighted by molar-refractivity contribution is -0.133. The standard InChI is InChI=1S/C23H25N3O6/c1-25-12-17(16-9-5-6-10-18(16)25)21(28)24-11-19-20(27)23(30,14-32-19)13-26(31)22(29)15-7-3-2-4-8-15/h2-10,12,19-20,27,30-31H,11,13-14H2,1H3,(H,24,28)/t19-,20-,23+/m1/s1. The fourth-order valence-corrected chi connectivity index (χ4v) is 3.96. The number of aryl methyl sites for hydroxylation is 1. The predicted octanol–water partition coefficient (Wildman–Crippen LogP) is 0.931. The van der Waals surface area contributed by atoms with Crippen LogP contribution in [0.3, 0.4) is 0 Å².